The van der Waals surface area contributed by atoms with Crippen molar-refractivity contribution < 1.29 is 31.1 Å². The Hall–Kier alpha value is -3.24. The number of carbonyl (C=O) groups is 1. The lowest BCUT2D eigenvalue weighted by atomic mass is 10.1. The minimum absolute atomic E-state index is 0.0347. The first-order valence-corrected chi connectivity index (χ1v) is 13.7. The Morgan fingerprint density at radius 1 is 1.03 bits per heavy atom. The van der Waals surface area contributed by atoms with E-state index in [4.69, 9.17) is 16.3 Å². The molecule has 0 unspecified atom stereocenters. The van der Waals surface area contributed by atoms with E-state index in [0.29, 0.717) is 23.2 Å². The van der Waals surface area contributed by atoms with Crippen molar-refractivity contribution in [2.24, 2.45) is 0 Å². The number of aryl methyl sites for hydroxylation is 1. The topological polar surface area (TPSA) is 75.7 Å². The number of alkyl halides is 3. The third kappa shape index (κ3) is 7.88. The number of hydrogen-bond acceptors (Lipinski definition) is 4. The van der Waals surface area contributed by atoms with Crippen molar-refractivity contribution in [3.05, 3.63) is 88.9 Å². The van der Waals surface area contributed by atoms with E-state index in [1.165, 1.54) is 24.3 Å². The van der Waals surface area contributed by atoms with Crippen molar-refractivity contribution >= 4 is 33.2 Å². The third-order valence-electron chi connectivity index (χ3n) is 5.40. The van der Waals surface area contributed by atoms with Crippen LogP contribution in [0.5, 0.6) is 5.75 Å². The van der Waals surface area contributed by atoms with Gasteiger partial charge in [-0.1, -0.05) is 41.9 Å². The van der Waals surface area contributed by atoms with Crippen LogP contribution in [0.4, 0.5) is 18.9 Å². The van der Waals surface area contributed by atoms with Crippen LogP contribution in [-0.4, -0.2) is 33.5 Å². The lowest BCUT2D eigenvalue weighted by molar-refractivity contribution is -0.137. The zero-order chi connectivity index (χ0) is 27.9. The summed E-state index contributed by atoms with van der Waals surface area (Å²) in [6.07, 6.45) is -3.59. The molecule has 1 amide bonds. The number of benzene rings is 3. The Bertz CT molecular complexity index is 1350. The zero-order valence-corrected chi connectivity index (χ0v) is 22.4. The van der Waals surface area contributed by atoms with E-state index < -0.39 is 39.2 Å². The maximum Gasteiger partial charge on any atom is 0.417 e. The Kier molecular flexibility index (Phi) is 9.67. The lowest BCUT2D eigenvalue weighted by Gasteiger charge is -2.25. The molecule has 3 aromatic carbocycles. The minimum atomic E-state index is -4.81. The van der Waals surface area contributed by atoms with Gasteiger partial charge in [0.2, 0.25) is 5.91 Å². The van der Waals surface area contributed by atoms with Gasteiger partial charge in [0.05, 0.1) is 27.3 Å². The molecule has 3 rings (SSSR count). The molecule has 0 saturated carbocycles. The summed E-state index contributed by atoms with van der Waals surface area (Å²) >= 11 is 5.72. The molecule has 0 radical (unpaired) electrons. The van der Waals surface area contributed by atoms with Gasteiger partial charge in [-0.15, -0.1) is 0 Å². The van der Waals surface area contributed by atoms with E-state index >= 15 is 0 Å². The number of nitrogens with one attached hydrogen (secondary N) is 1. The largest absolute Gasteiger partial charge is 0.491 e. The number of carbonyl (C=O) groups excluding carboxylic acids is 1. The summed E-state index contributed by atoms with van der Waals surface area (Å²) in [6, 6.07) is 17.5. The maximum absolute atomic E-state index is 13.5. The Morgan fingerprint density at radius 3 is 2.39 bits per heavy atom. The Morgan fingerprint density at radius 2 is 1.74 bits per heavy atom. The van der Waals surface area contributed by atoms with E-state index in [-0.39, 0.29) is 23.2 Å². The first-order valence-electron chi connectivity index (χ1n) is 11.8. The number of anilines is 1. The number of rotatable bonds is 11. The monoisotopic (exact) mass is 568 g/mol. The van der Waals surface area contributed by atoms with Gasteiger partial charge in [-0.2, -0.15) is 13.2 Å². The molecule has 0 spiro atoms. The van der Waals surface area contributed by atoms with Crippen LogP contribution < -0.4 is 14.4 Å². The smallest absolute Gasteiger partial charge is 0.417 e. The molecule has 0 saturated heterocycles. The Labute approximate surface area is 225 Å². The van der Waals surface area contributed by atoms with Crippen LogP contribution in [0, 0.1) is 0 Å². The minimum Gasteiger partial charge on any atom is -0.491 e. The van der Waals surface area contributed by atoms with Crippen molar-refractivity contribution in [3.63, 3.8) is 0 Å². The van der Waals surface area contributed by atoms with Gasteiger partial charge >= 0.3 is 6.18 Å². The fourth-order valence-electron chi connectivity index (χ4n) is 3.67. The number of hydrogen-bond donors (Lipinski definition) is 1. The highest BCUT2D eigenvalue weighted by molar-refractivity contribution is 7.92. The molecular weight excluding hydrogens is 541 g/mol. The number of nitrogens with zero attached hydrogens (tertiary/aromatic N) is 1. The van der Waals surface area contributed by atoms with Crippen molar-refractivity contribution in [1.29, 1.82) is 0 Å². The van der Waals surface area contributed by atoms with Gasteiger partial charge < -0.3 is 10.1 Å². The Balaban J connectivity index is 1.75. The second-order valence-electron chi connectivity index (χ2n) is 8.75. The first-order chi connectivity index (χ1) is 17.9. The normalized spacial score (nSPS) is 11.9. The second kappa shape index (κ2) is 12.5. The predicted molar refractivity (Wildman–Crippen MR) is 141 cm³/mol. The van der Waals surface area contributed by atoms with Gasteiger partial charge in [-0.25, -0.2) is 8.42 Å². The van der Waals surface area contributed by atoms with E-state index in [1.807, 2.05) is 38.1 Å². The van der Waals surface area contributed by atoms with Crippen LogP contribution in [0.2, 0.25) is 5.02 Å². The summed E-state index contributed by atoms with van der Waals surface area (Å²) < 4.78 is 73.4. The molecule has 11 heteroatoms. The van der Waals surface area contributed by atoms with Gasteiger partial charge in [0, 0.05) is 6.54 Å². The molecule has 0 heterocycles. The summed E-state index contributed by atoms with van der Waals surface area (Å²) in [7, 11) is -4.36. The summed E-state index contributed by atoms with van der Waals surface area (Å²) in [5.41, 5.74) is -0.525. The first kappa shape index (κ1) is 29.3. The SMILES string of the molecule is CC(C)Oc1cccc(CCCNC(=O)CN(c2ccc(Cl)c(C(F)(F)F)c2)S(=O)(=O)c2ccccc2)c1. The molecule has 0 aliphatic rings. The third-order valence-corrected chi connectivity index (χ3v) is 7.51. The van der Waals surface area contributed by atoms with Crippen molar-refractivity contribution in [2.75, 3.05) is 17.4 Å². The van der Waals surface area contributed by atoms with Crippen LogP contribution in [-0.2, 0) is 27.4 Å². The average molecular weight is 569 g/mol. The van der Waals surface area contributed by atoms with Gasteiger partial charge in [0.1, 0.15) is 12.3 Å². The standard InChI is InChI=1S/C27H28ClF3N2O4S/c1-19(2)37-22-10-6-8-20(16-22)9-7-15-32-26(34)18-33(38(35,36)23-11-4-3-5-12-23)21-13-14-25(28)24(17-21)27(29,30)31/h3-6,8,10-14,16-17,19H,7,9,15,18H2,1-2H3,(H,32,34). The molecular formula is C27H28ClF3N2O4S. The molecule has 0 aliphatic heterocycles. The van der Waals surface area contributed by atoms with Gasteiger partial charge in [0.15, 0.2) is 0 Å². The summed E-state index contributed by atoms with van der Waals surface area (Å²) in [5.74, 6) is 0.0781. The highest BCUT2D eigenvalue weighted by Crippen LogP contribution is 2.38. The number of halogens is 4. The lowest BCUT2D eigenvalue weighted by Crippen LogP contribution is -2.41. The number of amides is 1. The quantitative estimate of drug-likeness (QED) is 0.284. The highest BCUT2D eigenvalue weighted by Gasteiger charge is 2.35. The molecule has 0 aliphatic carbocycles. The fraction of sp³-hybridized carbons (Fsp3) is 0.296. The van der Waals surface area contributed by atoms with Gasteiger partial charge in [-0.3, -0.25) is 9.10 Å². The summed E-state index contributed by atoms with van der Waals surface area (Å²) in [6.45, 7) is 3.38. The van der Waals surface area contributed by atoms with Crippen LogP contribution in [0.15, 0.2) is 77.7 Å². The molecule has 204 valence electrons. The van der Waals surface area contributed by atoms with Crippen LogP contribution in [0.3, 0.4) is 0 Å². The van der Waals surface area contributed by atoms with E-state index in [2.05, 4.69) is 5.32 Å². The maximum atomic E-state index is 13.5. The molecule has 0 aromatic heterocycles. The van der Waals surface area contributed by atoms with Gasteiger partial charge in [-0.05, 0) is 74.7 Å². The van der Waals surface area contributed by atoms with Crippen LogP contribution >= 0.6 is 11.6 Å². The van der Waals surface area contributed by atoms with Gasteiger partial charge in [0.25, 0.3) is 10.0 Å². The van der Waals surface area contributed by atoms with E-state index in [0.717, 1.165) is 23.4 Å². The van der Waals surface area contributed by atoms with E-state index in [9.17, 15) is 26.4 Å². The summed E-state index contributed by atoms with van der Waals surface area (Å²) in [4.78, 5) is 12.6. The van der Waals surface area contributed by atoms with Crippen molar-refractivity contribution in [2.45, 2.75) is 43.9 Å². The molecule has 0 atom stereocenters. The van der Waals surface area contributed by atoms with Crippen LogP contribution in [0.1, 0.15) is 31.4 Å². The highest BCUT2D eigenvalue weighted by atomic mass is 35.5. The number of sulfonamides is 1. The molecule has 3 aromatic rings. The average Bonchev–Trinajstić information content (AvgIpc) is 2.85. The van der Waals surface area contributed by atoms with Crippen molar-refractivity contribution in [1.82, 2.24) is 5.32 Å². The number of ether oxygens (including phenoxy) is 1. The van der Waals surface area contributed by atoms with E-state index in [1.54, 1.807) is 6.07 Å². The molecule has 1 N–H and O–H groups in total. The fourth-order valence-corrected chi connectivity index (χ4v) is 5.33. The molecule has 0 fully saturated rings. The molecule has 38 heavy (non-hydrogen) atoms. The predicted octanol–water partition coefficient (Wildman–Crippen LogP) is 6.09. The van der Waals surface area contributed by atoms with Crippen LogP contribution in [0.25, 0.3) is 0 Å². The zero-order valence-electron chi connectivity index (χ0n) is 20.8. The molecule has 0 bridgehead atoms. The van der Waals surface area contributed by atoms with Crippen molar-refractivity contribution in [3.8, 4) is 5.75 Å². The second-order valence-corrected chi connectivity index (χ2v) is 11.0. The summed E-state index contributed by atoms with van der Waals surface area (Å²) in [5, 5.41) is 2.08. The molecule has 6 nitrogen and oxygen atoms in total.